The number of carbonyl (C=O) groups is 1. The maximum Gasteiger partial charge on any atom is 0.417 e. The van der Waals surface area contributed by atoms with Crippen molar-refractivity contribution in [3.05, 3.63) is 89.5 Å². The number of anilines is 1. The van der Waals surface area contributed by atoms with Gasteiger partial charge in [0.15, 0.2) is 5.82 Å². The minimum Gasteiger partial charge on any atom is -0.306 e. The largest absolute Gasteiger partial charge is 0.417 e. The monoisotopic (exact) mass is 493 g/mol. The number of benzene rings is 2. The molecule has 0 aliphatic heterocycles. The number of aromatic nitrogens is 8. The van der Waals surface area contributed by atoms with Crippen LogP contribution in [0.5, 0.6) is 0 Å². The second-order valence-electron chi connectivity index (χ2n) is 7.82. The fourth-order valence-corrected chi connectivity index (χ4v) is 3.68. The summed E-state index contributed by atoms with van der Waals surface area (Å²) in [4.78, 5) is 14.5. The van der Waals surface area contributed by atoms with Gasteiger partial charge in [0.25, 0.3) is 5.91 Å². The number of H-pyrrole nitrogens is 1. The second-order valence-corrected chi connectivity index (χ2v) is 7.82. The summed E-state index contributed by atoms with van der Waals surface area (Å²) >= 11 is 0. The Hall–Kier alpha value is -4.81. The van der Waals surface area contributed by atoms with Gasteiger partial charge in [-0.05, 0) is 41.6 Å². The van der Waals surface area contributed by atoms with Crippen molar-refractivity contribution in [1.82, 2.24) is 40.2 Å². The van der Waals surface area contributed by atoms with Crippen molar-refractivity contribution in [2.75, 3.05) is 5.32 Å². The highest BCUT2D eigenvalue weighted by atomic mass is 19.4. The standard InChI is InChI=1S/C23H18F3N9O/c1-34-32-20(30-33-34)12-15-13-21(35(31-15)16-5-3-2-4-6-16)28-22(36)14-7-8-18(23(24,25)26)17(11-14)19-9-10-27-29-19/h2-11,13H,12H2,1H3,(H,27,29)(H,28,36). The van der Waals surface area contributed by atoms with E-state index < -0.39 is 17.6 Å². The molecule has 2 aromatic carbocycles. The third-order valence-corrected chi connectivity index (χ3v) is 5.27. The molecule has 2 N–H and O–H groups in total. The number of para-hydroxylation sites is 1. The van der Waals surface area contributed by atoms with Crippen LogP contribution in [-0.2, 0) is 19.6 Å². The highest BCUT2D eigenvalue weighted by Crippen LogP contribution is 2.37. The second kappa shape index (κ2) is 9.09. The zero-order chi connectivity index (χ0) is 25.3. The van der Waals surface area contributed by atoms with E-state index in [2.05, 4.69) is 36.0 Å². The number of aryl methyl sites for hydroxylation is 1. The molecule has 0 atom stereocenters. The predicted molar refractivity (Wildman–Crippen MR) is 122 cm³/mol. The van der Waals surface area contributed by atoms with Gasteiger partial charge in [0.2, 0.25) is 0 Å². The van der Waals surface area contributed by atoms with Gasteiger partial charge in [-0.15, -0.1) is 10.2 Å². The van der Waals surface area contributed by atoms with Gasteiger partial charge in [-0.25, -0.2) is 4.68 Å². The number of nitrogens with one attached hydrogen (secondary N) is 2. The lowest BCUT2D eigenvalue weighted by Gasteiger charge is -2.14. The van der Waals surface area contributed by atoms with E-state index >= 15 is 0 Å². The summed E-state index contributed by atoms with van der Waals surface area (Å²) in [5.74, 6) is 0.166. The van der Waals surface area contributed by atoms with Crippen molar-refractivity contribution in [3.8, 4) is 16.9 Å². The molecule has 0 aliphatic carbocycles. The zero-order valence-electron chi connectivity index (χ0n) is 18.7. The lowest BCUT2D eigenvalue weighted by molar-refractivity contribution is -0.137. The molecule has 0 saturated carbocycles. The van der Waals surface area contributed by atoms with Crippen LogP contribution in [-0.4, -0.2) is 46.1 Å². The Kier molecular flexibility index (Phi) is 5.80. The molecule has 5 aromatic rings. The molecular weight excluding hydrogens is 475 g/mol. The number of rotatable bonds is 6. The van der Waals surface area contributed by atoms with Crippen molar-refractivity contribution in [1.29, 1.82) is 0 Å². The third-order valence-electron chi connectivity index (χ3n) is 5.27. The highest BCUT2D eigenvalue weighted by Gasteiger charge is 2.34. The van der Waals surface area contributed by atoms with Crippen LogP contribution in [0.25, 0.3) is 16.9 Å². The molecule has 3 heterocycles. The topological polar surface area (TPSA) is 119 Å². The lowest BCUT2D eigenvalue weighted by atomic mass is 10.0. The van der Waals surface area contributed by atoms with Gasteiger partial charge in [0, 0.05) is 23.4 Å². The Morgan fingerprint density at radius 1 is 1.06 bits per heavy atom. The molecule has 0 fully saturated rings. The number of amides is 1. The van der Waals surface area contributed by atoms with Gasteiger partial charge in [0.1, 0.15) is 5.82 Å². The first-order valence-electron chi connectivity index (χ1n) is 10.7. The molecule has 13 heteroatoms. The normalized spacial score (nSPS) is 11.6. The average molecular weight is 493 g/mol. The number of hydrogen-bond donors (Lipinski definition) is 2. The smallest absolute Gasteiger partial charge is 0.306 e. The summed E-state index contributed by atoms with van der Waals surface area (Å²) in [5.41, 5.74) is 0.357. The van der Waals surface area contributed by atoms with Gasteiger partial charge in [-0.1, -0.05) is 18.2 Å². The SMILES string of the molecule is Cn1nnc(Cc2cc(NC(=O)c3ccc(C(F)(F)F)c(-c4ccn[nH]4)c3)n(-c3ccccc3)n2)n1. The Labute approximate surface area is 201 Å². The molecule has 0 bridgehead atoms. The Bertz CT molecular complexity index is 1510. The van der Waals surface area contributed by atoms with E-state index in [1.165, 1.54) is 27.8 Å². The Balaban J connectivity index is 1.49. The van der Waals surface area contributed by atoms with Gasteiger partial charge in [0.05, 0.1) is 36.1 Å². The van der Waals surface area contributed by atoms with Gasteiger partial charge >= 0.3 is 6.18 Å². The summed E-state index contributed by atoms with van der Waals surface area (Å²) in [6.45, 7) is 0. The summed E-state index contributed by atoms with van der Waals surface area (Å²) in [6.07, 6.45) is -3.00. The van der Waals surface area contributed by atoms with Gasteiger partial charge in [-0.2, -0.15) is 28.2 Å². The Morgan fingerprint density at radius 3 is 2.53 bits per heavy atom. The number of nitrogens with zero attached hydrogens (tertiary/aromatic N) is 7. The van der Waals surface area contributed by atoms with Crippen molar-refractivity contribution in [3.63, 3.8) is 0 Å². The number of aromatic amines is 1. The Morgan fingerprint density at radius 2 is 1.86 bits per heavy atom. The molecule has 0 spiro atoms. The van der Waals surface area contributed by atoms with E-state index in [-0.39, 0.29) is 23.2 Å². The molecule has 0 saturated heterocycles. The minimum atomic E-state index is -4.61. The fourth-order valence-electron chi connectivity index (χ4n) is 3.68. The fraction of sp³-hybridized carbons (Fsp3) is 0.130. The molecule has 5 rings (SSSR count). The summed E-state index contributed by atoms with van der Waals surface area (Å²) in [6, 6.07) is 15.3. The zero-order valence-corrected chi connectivity index (χ0v) is 18.7. The molecule has 182 valence electrons. The lowest BCUT2D eigenvalue weighted by Crippen LogP contribution is -2.16. The van der Waals surface area contributed by atoms with Crippen molar-refractivity contribution in [2.24, 2.45) is 7.05 Å². The van der Waals surface area contributed by atoms with Crippen LogP contribution in [0.15, 0.2) is 66.9 Å². The molecule has 0 radical (unpaired) electrons. The van der Waals surface area contributed by atoms with E-state index in [0.717, 1.165) is 12.1 Å². The first-order chi connectivity index (χ1) is 17.3. The molecular formula is C23H18F3N9O. The molecule has 3 aromatic heterocycles. The number of halogens is 3. The molecule has 1 amide bonds. The summed E-state index contributed by atoms with van der Waals surface area (Å²) < 4.78 is 42.3. The van der Waals surface area contributed by atoms with E-state index in [0.29, 0.717) is 23.0 Å². The van der Waals surface area contributed by atoms with Gasteiger partial charge in [-0.3, -0.25) is 9.89 Å². The first kappa shape index (κ1) is 23.0. The third kappa shape index (κ3) is 4.71. The van der Waals surface area contributed by atoms with E-state index in [9.17, 15) is 18.0 Å². The summed E-state index contributed by atoms with van der Waals surface area (Å²) in [5, 5.41) is 25.5. The van der Waals surface area contributed by atoms with Crippen LogP contribution in [0.3, 0.4) is 0 Å². The van der Waals surface area contributed by atoms with Gasteiger partial charge < -0.3 is 5.32 Å². The van der Waals surface area contributed by atoms with E-state index in [1.807, 2.05) is 30.3 Å². The highest BCUT2D eigenvalue weighted by molar-refractivity contribution is 6.04. The van der Waals surface area contributed by atoms with Crippen LogP contribution < -0.4 is 5.32 Å². The molecule has 0 unspecified atom stereocenters. The van der Waals surface area contributed by atoms with E-state index in [4.69, 9.17) is 0 Å². The van der Waals surface area contributed by atoms with E-state index in [1.54, 1.807) is 13.1 Å². The van der Waals surface area contributed by atoms with Crippen molar-refractivity contribution < 1.29 is 18.0 Å². The number of alkyl halides is 3. The number of hydrogen-bond acceptors (Lipinski definition) is 6. The molecule has 0 aliphatic rings. The first-order valence-corrected chi connectivity index (χ1v) is 10.7. The van der Waals surface area contributed by atoms with Crippen LogP contribution in [0, 0.1) is 0 Å². The molecule has 10 nitrogen and oxygen atoms in total. The van der Waals surface area contributed by atoms with Crippen molar-refractivity contribution >= 4 is 11.7 Å². The quantitative estimate of drug-likeness (QED) is 0.373. The van der Waals surface area contributed by atoms with Crippen LogP contribution in [0.4, 0.5) is 19.0 Å². The van der Waals surface area contributed by atoms with Crippen LogP contribution in [0.2, 0.25) is 0 Å². The van der Waals surface area contributed by atoms with Crippen LogP contribution in [0.1, 0.15) is 27.4 Å². The minimum absolute atomic E-state index is 0.0329. The summed E-state index contributed by atoms with van der Waals surface area (Å²) in [7, 11) is 1.65. The molecule has 36 heavy (non-hydrogen) atoms. The average Bonchev–Trinajstić information content (AvgIpc) is 3.61. The van der Waals surface area contributed by atoms with Crippen LogP contribution >= 0.6 is 0 Å². The number of tetrazole rings is 1. The predicted octanol–water partition coefficient (Wildman–Crippen LogP) is 3.65. The number of carbonyl (C=O) groups excluding carboxylic acids is 1. The van der Waals surface area contributed by atoms with Crippen molar-refractivity contribution in [2.45, 2.75) is 12.6 Å². The maximum atomic E-state index is 13.6. The maximum absolute atomic E-state index is 13.6.